The average Bonchev–Trinajstić information content (AvgIpc) is 1.55. The molecule has 85 heavy (non-hydrogen) atoms. The summed E-state index contributed by atoms with van der Waals surface area (Å²) in [4.78, 5) is 12.0. The molecule has 0 unspecified atom stereocenters. The van der Waals surface area contributed by atoms with E-state index in [4.69, 9.17) is 23.7 Å². The molecule has 8 aliphatic rings. The van der Waals surface area contributed by atoms with Gasteiger partial charge >= 0.3 is 5.97 Å². The van der Waals surface area contributed by atoms with E-state index in [9.17, 15) is 50.9 Å². The number of aliphatic hydroxyl groups is 7. The van der Waals surface area contributed by atoms with Crippen molar-refractivity contribution in [3.05, 3.63) is 125 Å². The molecular formula is C68H89N3O14. The molecule has 2 aromatic carbocycles. The number of aliphatic hydroxyl groups excluding tert-OH is 6. The van der Waals surface area contributed by atoms with Gasteiger partial charge in [-0.15, -0.1) is 6.58 Å². The van der Waals surface area contributed by atoms with Gasteiger partial charge in [0.2, 0.25) is 6.29 Å². The summed E-state index contributed by atoms with van der Waals surface area (Å²) in [7, 11) is 1.60. The molecule has 460 valence electrons. The van der Waals surface area contributed by atoms with Gasteiger partial charge in [-0.05, 0) is 160 Å². The number of carboxylic acid groups (broad SMARTS) is 1. The minimum Gasteiger partial charge on any atom is -0.482 e. The number of nitriles is 1. The number of nitrogens with zero attached hydrogens (tertiary/aromatic N) is 2. The van der Waals surface area contributed by atoms with Crippen LogP contribution in [0.2, 0.25) is 0 Å². The van der Waals surface area contributed by atoms with E-state index in [0.717, 1.165) is 55.2 Å². The molecule has 3 spiro atoms. The summed E-state index contributed by atoms with van der Waals surface area (Å²) in [5, 5.41) is 107. The largest absolute Gasteiger partial charge is 0.482 e. The van der Waals surface area contributed by atoms with Gasteiger partial charge < -0.3 is 74.4 Å². The fraction of sp³-hybridized carbons (Fsp3) is 0.618. The maximum atomic E-state index is 14.0. The maximum Gasteiger partial charge on any atom is 0.335 e. The van der Waals surface area contributed by atoms with Crippen molar-refractivity contribution in [3.63, 3.8) is 0 Å². The van der Waals surface area contributed by atoms with Crippen LogP contribution in [0.5, 0.6) is 5.75 Å². The van der Waals surface area contributed by atoms with Crippen LogP contribution in [0, 0.1) is 63.8 Å². The topological polar surface area (TPSA) is 266 Å². The zero-order valence-corrected chi connectivity index (χ0v) is 49.5. The number of hydrogen-bond donors (Lipinski definition) is 9. The fourth-order valence-electron chi connectivity index (χ4n) is 17.0. The highest BCUT2D eigenvalue weighted by Gasteiger charge is 2.71. The van der Waals surface area contributed by atoms with Crippen LogP contribution in [0.15, 0.2) is 97.6 Å². The van der Waals surface area contributed by atoms with Gasteiger partial charge in [0.25, 0.3) is 0 Å². The number of methoxy groups -OCH3 is 1. The number of aromatic carboxylic acids is 1. The first-order chi connectivity index (χ1) is 41.0. The smallest absolute Gasteiger partial charge is 0.335 e. The molecule has 5 heterocycles. The third kappa shape index (κ3) is 12.3. The molecular weight excluding hydrogens is 1080 g/mol. The molecule has 4 aliphatic heterocycles. The molecule has 1 aromatic heterocycles. The van der Waals surface area contributed by atoms with Crippen molar-refractivity contribution in [2.24, 2.45) is 40.4 Å². The number of benzene rings is 2. The number of fused-ring (bicyclic) bond motifs is 7. The predicted molar refractivity (Wildman–Crippen MR) is 316 cm³/mol. The molecule has 17 nitrogen and oxygen atoms in total. The third-order valence-corrected chi connectivity index (χ3v) is 20.9. The van der Waals surface area contributed by atoms with Gasteiger partial charge in [-0.2, -0.15) is 5.26 Å². The summed E-state index contributed by atoms with van der Waals surface area (Å²) in [5.74, 6) is 2.05. The third-order valence-electron chi connectivity index (χ3n) is 20.9. The number of aromatic nitrogens is 1. The van der Waals surface area contributed by atoms with E-state index in [0.29, 0.717) is 61.6 Å². The van der Waals surface area contributed by atoms with Crippen molar-refractivity contribution in [2.75, 3.05) is 33.5 Å². The van der Waals surface area contributed by atoms with Crippen molar-refractivity contribution < 1.29 is 69.3 Å². The van der Waals surface area contributed by atoms with Crippen LogP contribution >= 0.6 is 0 Å². The van der Waals surface area contributed by atoms with Crippen LogP contribution < -0.4 is 10.1 Å². The lowest BCUT2D eigenvalue weighted by molar-refractivity contribution is -0.337. The van der Waals surface area contributed by atoms with Crippen LogP contribution in [0.4, 0.5) is 0 Å². The quantitative estimate of drug-likeness (QED) is 0.0331. The number of allylic oxidation sites excluding steroid dienone is 4. The zero-order chi connectivity index (χ0) is 60.3. The first kappa shape index (κ1) is 62.5. The van der Waals surface area contributed by atoms with Crippen LogP contribution in [0.3, 0.4) is 0 Å². The highest BCUT2D eigenvalue weighted by Crippen LogP contribution is 2.74. The molecule has 4 fully saturated rings. The van der Waals surface area contributed by atoms with E-state index in [1.54, 1.807) is 44.6 Å². The second-order valence-electron chi connectivity index (χ2n) is 25.8. The molecule has 19 atom stereocenters. The Balaban J connectivity index is 1.10. The molecule has 0 radical (unpaired) electrons. The van der Waals surface area contributed by atoms with Gasteiger partial charge in [0.15, 0.2) is 5.60 Å². The number of carbonyl (C=O) groups is 1. The van der Waals surface area contributed by atoms with Crippen molar-refractivity contribution >= 4 is 5.97 Å². The Bertz CT molecular complexity index is 2980. The predicted octanol–water partition coefficient (Wildman–Crippen LogP) is 7.40. The van der Waals surface area contributed by atoms with Crippen LogP contribution in [-0.2, 0) is 31.8 Å². The number of carboxylic acids is 1. The van der Waals surface area contributed by atoms with Gasteiger partial charge in [0.05, 0.1) is 54.0 Å². The van der Waals surface area contributed by atoms with E-state index >= 15 is 0 Å². The van der Waals surface area contributed by atoms with E-state index in [1.807, 2.05) is 47.1 Å². The number of hydrogen-bond acceptors (Lipinski definition) is 15. The van der Waals surface area contributed by atoms with E-state index < -0.39 is 77.5 Å². The van der Waals surface area contributed by atoms with Crippen LogP contribution in [0.25, 0.3) is 0 Å². The van der Waals surface area contributed by atoms with Gasteiger partial charge in [-0.25, -0.2) is 4.79 Å². The van der Waals surface area contributed by atoms with E-state index in [2.05, 4.69) is 49.1 Å². The van der Waals surface area contributed by atoms with Gasteiger partial charge in [0.1, 0.15) is 42.3 Å². The van der Waals surface area contributed by atoms with Crippen molar-refractivity contribution in [1.29, 1.82) is 5.26 Å². The highest BCUT2D eigenvalue weighted by molar-refractivity contribution is 5.87. The molecule has 1 saturated heterocycles. The molecule has 3 bridgehead atoms. The summed E-state index contributed by atoms with van der Waals surface area (Å²) in [6.45, 7) is 8.04. The highest BCUT2D eigenvalue weighted by atomic mass is 16.7. The van der Waals surface area contributed by atoms with Crippen molar-refractivity contribution in [2.45, 2.75) is 189 Å². The SMILES string of the molecule is C=CCc1ccc(O[C@H]2O[C@H]3[C@@H](O)[C@H](O)[C@]24C[C@H]([C@H](O)CC#CO[C@H]3CCCO)[C@@]2(C=C[C@@H]3[C@@](O)(C[C@H]5[C@H](c6ccc(C(=O)O)cc6)CC[C@@H]6CCC[C@]635)C2)C=C(CC[C@@H](CC)NC[C@H](C)O)O4)cc1C[C@H](COC)[C@@H](CO)n1ccc(C#N)c1. The number of nitrogens with one attached hydrogen (secondary N) is 1. The Morgan fingerprint density at radius 1 is 1.07 bits per heavy atom. The molecule has 3 saturated carbocycles. The van der Waals surface area contributed by atoms with Crippen LogP contribution in [-0.4, -0.2) is 145 Å². The molecule has 9 N–H and O–H groups in total. The van der Waals surface area contributed by atoms with Gasteiger partial charge in [-0.3, -0.25) is 0 Å². The Labute approximate surface area is 500 Å². The van der Waals surface area contributed by atoms with Crippen molar-refractivity contribution in [1.82, 2.24) is 9.88 Å². The Kier molecular flexibility index (Phi) is 19.4. The molecule has 11 rings (SSSR count). The Hall–Kier alpha value is -5.54. The summed E-state index contributed by atoms with van der Waals surface area (Å²) in [6, 6.07) is 16.2. The second kappa shape index (κ2) is 26.4. The standard InChI is InChI=1S/C68H89N3O14/c1-5-10-44-18-21-51(32-47(44)31-48(40-81-4)56(39-73)71-28-25-43(36-69)38-71)83-64-68-35-55(57(75)12-9-30-82-58(13-8-29-72)61(84-64)60(76)62(68)77)65(33-52(85-68)22-20-50(6-2)70-37-42(3)74)27-24-59-66(80,41-65)34-54-53(23-19-49-11-7-26-67(49,54)59)45-14-16-46(17-15-45)63(78)79/h5,14-18,21,24-25,27-28,32-33,38,42,48-50,53-62,64,70,72-77,80H,1,6-8,10-13,19-20,22-23,26,29,31,34-35,37,39-41H2,2-4H3,(H,78,79)/t42-,48+,49-,50+,53-,54-,55+,56+,57+,58-,59+,60+,61+,62-,64-,65-,66+,67+,68+/m0/s1. The monoisotopic (exact) mass is 1170 g/mol. The minimum atomic E-state index is -1.95. The van der Waals surface area contributed by atoms with Crippen LogP contribution in [0.1, 0.15) is 148 Å². The lowest BCUT2D eigenvalue weighted by atomic mass is 9.52. The molecule has 4 aliphatic carbocycles. The van der Waals surface area contributed by atoms with Gasteiger partial charge in [-0.1, -0.05) is 55.7 Å². The fourth-order valence-corrected chi connectivity index (χ4v) is 17.0. The first-order valence-electron chi connectivity index (χ1n) is 31.1. The van der Waals surface area contributed by atoms with Crippen molar-refractivity contribution in [3.8, 4) is 23.8 Å². The molecule has 3 aromatic rings. The second-order valence-corrected chi connectivity index (χ2v) is 25.8. The summed E-state index contributed by atoms with van der Waals surface area (Å²) in [6.07, 6.45) is 14.0. The maximum absolute atomic E-state index is 14.0. The Morgan fingerprint density at radius 2 is 1.88 bits per heavy atom. The van der Waals surface area contributed by atoms with E-state index in [-0.39, 0.29) is 92.6 Å². The lowest BCUT2D eigenvalue weighted by Crippen LogP contribution is -2.71. The molecule has 17 heteroatoms. The normalized spacial score (nSPS) is 35.1. The average molecular weight is 1170 g/mol. The molecule has 0 amide bonds. The Morgan fingerprint density at radius 3 is 2.59 bits per heavy atom. The summed E-state index contributed by atoms with van der Waals surface area (Å²) >= 11 is 0. The van der Waals surface area contributed by atoms with Gasteiger partial charge in [0, 0.05) is 81.1 Å². The summed E-state index contributed by atoms with van der Waals surface area (Å²) in [5.41, 5.74) is -1.05. The van der Waals surface area contributed by atoms with E-state index in [1.165, 1.54) is 0 Å². The lowest BCUT2D eigenvalue weighted by Gasteiger charge is -2.54. The summed E-state index contributed by atoms with van der Waals surface area (Å²) < 4.78 is 35.6. The first-order valence-corrected chi connectivity index (χ1v) is 31.1. The minimum absolute atomic E-state index is 0.0551. The zero-order valence-electron chi connectivity index (χ0n) is 49.5. The number of rotatable bonds is 23. The number of ether oxygens (including phenoxy) is 5.